The van der Waals surface area contributed by atoms with E-state index < -0.39 is 23.4 Å². The molecule has 0 bridgehead atoms. The standard InChI is InChI=1S/C22H29BrO5/c1-11-6-14-13-8-16(23)15-7-12(25)4-5-20(15,2)19(13)17(26)9-21(14,3)22(11,28)18(27)10-24/h7,11,13-14,16,19,24,28H,4-6,8-10H2,1-3H3/t11-,13+,14+,16+,19-,20+,21+,22+/m1/s1. The van der Waals surface area contributed by atoms with Gasteiger partial charge >= 0.3 is 0 Å². The molecule has 4 aliphatic rings. The van der Waals surface area contributed by atoms with Crippen molar-refractivity contribution in [2.75, 3.05) is 6.61 Å². The molecule has 0 spiro atoms. The molecular weight excluding hydrogens is 424 g/mol. The molecule has 28 heavy (non-hydrogen) atoms. The molecule has 4 rings (SSSR count). The summed E-state index contributed by atoms with van der Waals surface area (Å²) in [5.74, 6) is -0.768. The van der Waals surface area contributed by atoms with Crippen LogP contribution in [0.25, 0.3) is 0 Å². The monoisotopic (exact) mass is 452 g/mol. The zero-order chi connectivity index (χ0) is 20.6. The topological polar surface area (TPSA) is 91.7 Å². The SMILES string of the molecule is C[C@@H]1C[C@H]2[C@@H]3C[C@H](Br)C4=CC(=O)CC[C@]4(C)[C@H]3C(=O)C[C@]2(C)[C@@]1(O)C(=O)CO. The van der Waals surface area contributed by atoms with Gasteiger partial charge in [-0.2, -0.15) is 0 Å². The maximum absolute atomic E-state index is 13.5. The van der Waals surface area contributed by atoms with Gasteiger partial charge in [-0.3, -0.25) is 14.4 Å². The van der Waals surface area contributed by atoms with Crippen LogP contribution >= 0.6 is 15.9 Å². The quantitative estimate of drug-likeness (QED) is 0.628. The van der Waals surface area contributed by atoms with E-state index in [-0.39, 0.29) is 51.9 Å². The normalized spacial score (nSPS) is 50.5. The van der Waals surface area contributed by atoms with E-state index in [2.05, 4.69) is 22.9 Å². The highest BCUT2D eigenvalue weighted by atomic mass is 79.9. The summed E-state index contributed by atoms with van der Waals surface area (Å²) >= 11 is 3.77. The lowest BCUT2D eigenvalue weighted by Crippen LogP contribution is -2.62. The van der Waals surface area contributed by atoms with Gasteiger partial charge in [-0.25, -0.2) is 0 Å². The lowest BCUT2D eigenvalue weighted by Gasteiger charge is -2.58. The molecular formula is C22H29BrO5. The summed E-state index contributed by atoms with van der Waals surface area (Å²) in [7, 11) is 0. The number of hydrogen-bond donors (Lipinski definition) is 2. The lowest BCUT2D eigenvalue weighted by atomic mass is 9.45. The number of halogens is 1. The molecule has 5 nitrogen and oxygen atoms in total. The minimum atomic E-state index is -1.67. The zero-order valence-corrected chi connectivity index (χ0v) is 18.3. The maximum atomic E-state index is 13.5. The zero-order valence-electron chi connectivity index (χ0n) is 16.7. The van der Waals surface area contributed by atoms with Crippen LogP contribution < -0.4 is 0 Å². The Morgan fingerprint density at radius 1 is 1.29 bits per heavy atom. The number of Topliss-reactive ketones (excluding diaryl/α,β-unsaturated/α-hetero) is 2. The first-order valence-electron chi connectivity index (χ1n) is 10.3. The van der Waals surface area contributed by atoms with Crippen molar-refractivity contribution in [3.63, 3.8) is 0 Å². The number of carbonyl (C=O) groups excluding carboxylic acids is 3. The van der Waals surface area contributed by atoms with Crippen molar-refractivity contribution in [1.29, 1.82) is 0 Å². The molecule has 0 unspecified atom stereocenters. The van der Waals surface area contributed by atoms with Crippen LogP contribution in [0.1, 0.15) is 52.9 Å². The van der Waals surface area contributed by atoms with Gasteiger partial charge in [0.15, 0.2) is 11.6 Å². The van der Waals surface area contributed by atoms with E-state index in [4.69, 9.17) is 0 Å². The summed E-state index contributed by atoms with van der Waals surface area (Å²) in [6, 6.07) is 0. The van der Waals surface area contributed by atoms with Crippen molar-refractivity contribution < 1.29 is 24.6 Å². The second-order valence-corrected chi connectivity index (χ2v) is 11.1. The highest BCUT2D eigenvalue weighted by Crippen LogP contribution is 2.68. The predicted octanol–water partition coefficient (Wildman–Crippen LogP) is 2.61. The first-order valence-corrected chi connectivity index (χ1v) is 11.2. The molecule has 0 aromatic carbocycles. The first-order chi connectivity index (χ1) is 13.0. The first kappa shape index (κ1) is 20.4. The van der Waals surface area contributed by atoms with Crippen molar-refractivity contribution in [2.24, 2.45) is 34.5 Å². The second-order valence-electron chi connectivity index (χ2n) is 9.98. The van der Waals surface area contributed by atoms with Crippen molar-refractivity contribution in [3.05, 3.63) is 11.6 Å². The number of fused-ring (bicyclic) bond motifs is 5. The van der Waals surface area contributed by atoms with Crippen LogP contribution in [0, 0.1) is 34.5 Å². The Morgan fingerprint density at radius 2 is 1.96 bits per heavy atom. The van der Waals surface area contributed by atoms with Crippen LogP contribution in [-0.4, -0.2) is 44.6 Å². The molecule has 0 aromatic heterocycles. The van der Waals surface area contributed by atoms with Gasteiger partial charge in [-0.15, -0.1) is 0 Å². The van der Waals surface area contributed by atoms with Crippen molar-refractivity contribution in [2.45, 2.75) is 63.3 Å². The van der Waals surface area contributed by atoms with Gasteiger partial charge in [-0.05, 0) is 48.7 Å². The summed E-state index contributed by atoms with van der Waals surface area (Å²) < 4.78 is 0. The maximum Gasteiger partial charge on any atom is 0.190 e. The summed E-state index contributed by atoms with van der Waals surface area (Å²) in [4.78, 5) is 38.2. The Bertz CT molecular complexity index is 790. The van der Waals surface area contributed by atoms with Crippen LogP contribution in [0.15, 0.2) is 11.6 Å². The van der Waals surface area contributed by atoms with Crippen LogP contribution in [0.5, 0.6) is 0 Å². The highest BCUT2D eigenvalue weighted by Gasteiger charge is 2.71. The highest BCUT2D eigenvalue weighted by molar-refractivity contribution is 9.09. The third-order valence-electron chi connectivity index (χ3n) is 8.78. The van der Waals surface area contributed by atoms with Crippen molar-refractivity contribution >= 4 is 33.3 Å². The van der Waals surface area contributed by atoms with Gasteiger partial charge in [0, 0.05) is 34.4 Å². The summed E-state index contributed by atoms with van der Waals surface area (Å²) in [5, 5.41) is 21.0. The van der Waals surface area contributed by atoms with Gasteiger partial charge in [0.2, 0.25) is 0 Å². The minimum absolute atomic E-state index is 0.0238. The number of alkyl halides is 1. The minimum Gasteiger partial charge on any atom is -0.388 e. The van der Waals surface area contributed by atoms with Gasteiger partial charge < -0.3 is 10.2 Å². The number of ketones is 3. The molecule has 0 amide bonds. The molecule has 3 fully saturated rings. The molecule has 4 aliphatic carbocycles. The fourth-order valence-corrected chi connectivity index (χ4v) is 8.53. The van der Waals surface area contributed by atoms with E-state index in [1.165, 1.54) is 0 Å². The molecule has 154 valence electrons. The van der Waals surface area contributed by atoms with Gasteiger partial charge in [0.1, 0.15) is 18.0 Å². The van der Waals surface area contributed by atoms with Crippen LogP contribution in [0.2, 0.25) is 0 Å². The fourth-order valence-electron chi connectivity index (χ4n) is 7.44. The van der Waals surface area contributed by atoms with E-state index in [1.807, 2.05) is 13.8 Å². The number of rotatable bonds is 2. The molecule has 0 radical (unpaired) electrons. The average Bonchev–Trinajstić information content (AvgIpc) is 2.83. The van der Waals surface area contributed by atoms with E-state index in [1.54, 1.807) is 6.08 Å². The largest absolute Gasteiger partial charge is 0.388 e. The Labute approximate surface area is 174 Å². The molecule has 0 heterocycles. The third-order valence-corrected chi connectivity index (χ3v) is 9.65. The van der Waals surface area contributed by atoms with Crippen LogP contribution in [-0.2, 0) is 14.4 Å². The number of aliphatic hydroxyl groups excluding tert-OH is 1. The second kappa shape index (κ2) is 6.32. The third kappa shape index (κ3) is 2.34. The molecule has 8 atom stereocenters. The number of hydrogen-bond acceptors (Lipinski definition) is 5. The summed E-state index contributed by atoms with van der Waals surface area (Å²) in [6.45, 7) is 5.13. The Morgan fingerprint density at radius 3 is 2.61 bits per heavy atom. The molecule has 3 saturated carbocycles. The van der Waals surface area contributed by atoms with E-state index in [9.17, 15) is 24.6 Å². The fraction of sp³-hybridized carbons (Fsp3) is 0.773. The smallest absolute Gasteiger partial charge is 0.190 e. The number of allylic oxidation sites excluding steroid dienone is 1. The van der Waals surface area contributed by atoms with E-state index in [0.29, 0.717) is 19.3 Å². The molecule has 0 aliphatic heterocycles. The van der Waals surface area contributed by atoms with Gasteiger partial charge in [0.25, 0.3) is 0 Å². The molecule has 0 aromatic rings. The van der Waals surface area contributed by atoms with Crippen molar-refractivity contribution in [1.82, 2.24) is 0 Å². The predicted molar refractivity (Wildman–Crippen MR) is 107 cm³/mol. The number of aliphatic hydroxyl groups is 2. The Balaban J connectivity index is 1.81. The van der Waals surface area contributed by atoms with Crippen LogP contribution in [0.3, 0.4) is 0 Å². The van der Waals surface area contributed by atoms with Gasteiger partial charge in [-0.1, -0.05) is 36.7 Å². The van der Waals surface area contributed by atoms with Crippen molar-refractivity contribution in [3.8, 4) is 0 Å². The van der Waals surface area contributed by atoms with E-state index >= 15 is 0 Å². The summed E-state index contributed by atoms with van der Waals surface area (Å²) in [6.07, 6.45) is 4.41. The molecule has 2 N–H and O–H groups in total. The molecule has 6 heteroatoms. The number of carbonyl (C=O) groups is 3. The average molecular weight is 453 g/mol. The van der Waals surface area contributed by atoms with Crippen LogP contribution in [0.4, 0.5) is 0 Å². The summed E-state index contributed by atoms with van der Waals surface area (Å²) in [5.41, 5.74) is -1.85. The molecule has 0 saturated heterocycles. The Kier molecular flexibility index (Phi) is 4.61. The Hall–Kier alpha value is -0.850. The lowest BCUT2D eigenvalue weighted by molar-refractivity contribution is -0.174. The van der Waals surface area contributed by atoms with Gasteiger partial charge in [0.05, 0.1) is 0 Å². The van der Waals surface area contributed by atoms with E-state index in [0.717, 1.165) is 12.0 Å².